The lowest BCUT2D eigenvalue weighted by Gasteiger charge is -2.50. The highest BCUT2D eigenvalue weighted by molar-refractivity contribution is 5.02. The maximum absolute atomic E-state index is 5.58. The Bertz CT molecular complexity index is 571. The summed E-state index contributed by atoms with van der Waals surface area (Å²) in [5.41, 5.74) is 0. The second-order valence-corrected chi connectivity index (χ2v) is 7.43. The number of hydrogen-bond acceptors (Lipinski definition) is 4. The summed E-state index contributed by atoms with van der Waals surface area (Å²) in [6.45, 7) is 7.71. The molecule has 3 saturated heterocycles. The van der Waals surface area contributed by atoms with Gasteiger partial charge in [0.15, 0.2) is 0 Å². The van der Waals surface area contributed by atoms with Crippen LogP contribution in [0.1, 0.15) is 37.7 Å². The van der Waals surface area contributed by atoms with Crippen LogP contribution in [0.25, 0.3) is 0 Å². The zero-order valence-corrected chi connectivity index (χ0v) is 14.6. The first-order valence-electron chi connectivity index (χ1n) is 9.33. The Morgan fingerprint density at radius 3 is 2.33 bits per heavy atom. The fourth-order valence-electron chi connectivity index (χ4n) is 4.63. The molecule has 4 heteroatoms. The van der Waals surface area contributed by atoms with Crippen molar-refractivity contribution in [3.63, 3.8) is 0 Å². The van der Waals surface area contributed by atoms with Gasteiger partial charge in [-0.05, 0) is 55.5 Å². The van der Waals surface area contributed by atoms with Crippen LogP contribution < -0.4 is 0 Å². The molecule has 0 aliphatic carbocycles. The van der Waals surface area contributed by atoms with E-state index in [0.29, 0.717) is 6.04 Å². The Hall–Kier alpha value is -1.52. The van der Waals surface area contributed by atoms with E-state index < -0.39 is 0 Å². The molecule has 130 valence electrons. The van der Waals surface area contributed by atoms with Gasteiger partial charge in [0.1, 0.15) is 11.5 Å². The summed E-state index contributed by atoms with van der Waals surface area (Å²) >= 11 is 0. The zero-order chi connectivity index (χ0) is 16.4. The Balaban J connectivity index is 1.43. The van der Waals surface area contributed by atoms with Gasteiger partial charge in [-0.25, -0.2) is 0 Å². The highest BCUT2D eigenvalue weighted by Gasteiger charge is 2.39. The molecule has 24 heavy (non-hydrogen) atoms. The fraction of sp³-hybridized carbons (Fsp3) is 0.600. The minimum atomic E-state index is 0.677. The molecule has 0 spiro atoms. The van der Waals surface area contributed by atoms with Crippen LogP contribution in [0.3, 0.4) is 0 Å². The average Bonchev–Trinajstić information content (AvgIpc) is 3.29. The van der Waals surface area contributed by atoms with Gasteiger partial charge in [0.05, 0.1) is 25.6 Å². The molecule has 0 amide bonds. The van der Waals surface area contributed by atoms with E-state index in [1.165, 1.54) is 32.4 Å². The number of fused-ring (bicyclic) bond motifs is 3. The molecule has 0 radical (unpaired) electrons. The molecule has 0 aromatic carbocycles. The predicted octanol–water partition coefficient (Wildman–Crippen LogP) is 4.00. The molecular weight excluding hydrogens is 300 g/mol. The maximum Gasteiger partial charge on any atom is 0.117 e. The van der Waals surface area contributed by atoms with Gasteiger partial charge in [0.2, 0.25) is 0 Å². The minimum Gasteiger partial charge on any atom is -0.468 e. The molecule has 5 heterocycles. The largest absolute Gasteiger partial charge is 0.468 e. The SMILES string of the molecule is CC[C@@H]1CN2CC[C@H]1C[C@@H]2CN(Cc1ccco1)Cc1ccco1. The standard InChI is InChI=1S/C20H28N2O2/c1-2-16-12-22-8-7-17(16)11-18(22)13-21(14-19-5-3-9-23-19)15-20-6-4-10-24-20/h3-6,9-10,16-18H,2,7-8,11-15H2,1H3/t16-,17+,18-/m1/s1. The van der Waals surface area contributed by atoms with Crippen molar-refractivity contribution in [3.05, 3.63) is 48.3 Å². The van der Waals surface area contributed by atoms with Crippen molar-refractivity contribution in [2.75, 3.05) is 19.6 Å². The predicted molar refractivity (Wildman–Crippen MR) is 93.4 cm³/mol. The van der Waals surface area contributed by atoms with Crippen LogP contribution in [0.2, 0.25) is 0 Å². The first kappa shape index (κ1) is 16.0. The normalized spacial score (nSPS) is 29.4. The van der Waals surface area contributed by atoms with Crippen molar-refractivity contribution in [2.24, 2.45) is 11.8 Å². The number of rotatable bonds is 7. The van der Waals surface area contributed by atoms with Crippen molar-refractivity contribution in [3.8, 4) is 0 Å². The van der Waals surface area contributed by atoms with Crippen LogP contribution in [0, 0.1) is 11.8 Å². The van der Waals surface area contributed by atoms with Gasteiger partial charge in [-0.1, -0.05) is 13.3 Å². The lowest BCUT2D eigenvalue weighted by molar-refractivity contribution is -0.0175. The third-order valence-electron chi connectivity index (χ3n) is 5.93. The third kappa shape index (κ3) is 3.45. The molecular formula is C20H28N2O2. The van der Waals surface area contributed by atoms with Crippen molar-refractivity contribution in [1.29, 1.82) is 0 Å². The Kier molecular flexibility index (Phi) is 4.76. The Morgan fingerprint density at radius 2 is 1.83 bits per heavy atom. The topological polar surface area (TPSA) is 32.8 Å². The lowest BCUT2D eigenvalue weighted by atomic mass is 9.74. The summed E-state index contributed by atoms with van der Waals surface area (Å²) in [6, 6.07) is 8.75. The van der Waals surface area contributed by atoms with Crippen LogP contribution in [-0.4, -0.2) is 35.5 Å². The molecule has 3 fully saturated rings. The van der Waals surface area contributed by atoms with Crippen LogP contribution >= 0.6 is 0 Å². The highest BCUT2D eigenvalue weighted by atomic mass is 16.3. The van der Waals surface area contributed by atoms with Gasteiger partial charge in [-0.2, -0.15) is 0 Å². The molecule has 2 aromatic heterocycles. The molecule has 5 rings (SSSR count). The Labute approximate surface area is 144 Å². The van der Waals surface area contributed by atoms with Gasteiger partial charge < -0.3 is 8.83 Å². The second-order valence-electron chi connectivity index (χ2n) is 7.43. The summed E-state index contributed by atoms with van der Waals surface area (Å²) < 4.78 is 11.2. The van der Waals surface area contributed by atoms with Gasteiger partial charge in [-0.15, -0.1) is 0 Å². The number of hydrogen-bond donors (Lipinski definition) is 0. The van der Waals surface area contributed by atoms with Crippen LogP contribution in [0.15, 0.2) is 45.6 Å². The fourth-order valence-corrected chi connectivity index (χ4v) is 4.63. The number of nitrogens with zero attached hydrogens (tertiary/aromatic N) is 2. The molecule has 1 unspecified atom stereocenters. The Morgan fingerprint density at radius 1 is 1.12 bits per heavy atom. The van der Waals surface area contributed by atoms with Crippen molar-refractivity contribution in [1.82, 2.24) is 9.80 Å². The van der Waals surface area contributed by atoms with Gasteiger partial charge in [-0.3, -0.25) is 9.80 Å². The van der Waals surface area contributed by atoms with Gasteiger partial charge in [0, 0.05) is 19.1 Å². The minimum absolute atomic E-state index is 0.677. The van der Waals surface area contributed by atoms with E-state index in [4.69, 9.17) is 8.83 Å². The molecule has 2 aromatic rings. The van der Waals surface area contributed by atoms with E-state index >= 15 is 0 Å². The van der Waals surface area contributed by atoms with E-state index in [1.54, 1.807) is 12.5 Å². The summed E-state index contributed by atoms with van der Waals surface area (Å²) in [4.78, 5) is 5.20. The van der Waals surface area contributed by atoms with Crippen LogP contribution in [-0.2, 0) is 13.1 Å². The summed E-state index contributed by atoms with van der Waals surface area (Å²) in [5.74, 6) is 3.91. The van der Waals surface area contributed by atoms with E-state index in [0.717, 1.165) is 43.0 Å². The smallest absolute Gasteiger partial charge is 0.117 e. The maximum atomic E-state index is 5.58. The monoisotopic (exact) mass is 328 g/mol. The molecule has 3 aliphatic heterocycles. The quantitative estimate of drug-likeness (QED) is 0.769. The van der Waals surface area contributed by atoms with Crippen LogP contribution in [0.4, 0.5) is 0 Å². The third-order valence-corrected chi connectivity index (χ3v) is 5.93. The number of piperidine rings is 3. The van der Waals surface area contributed by atoms with Crippen molar-refractivity contribution in [2.45, 2.75) is 45.3 Å². The summed E-state index contributed by atoms with van der Waals surface area (Å²) in [5, 5.41) is 0. The van der Waals surface area contributed by atoms with E-state index in [-0.39, 0.29) is 0 Å². The first-order valence-corrected chi connectivity index (χ1v) is 9.33. The summed E-state index contributed by atoms with van der Waals surface area (Å²) in [7, 11) is 0. The lowest BCUT2D eigenvalue weighted by Crippen LogP contribution is -2.56. The molecule has 2 bridgehead atoms. The van der Waals surface area contributed by atoms with Crippen molar-refractivity contribution < 1.29 is 8.83 Å². The average molecular weight is 328 g/mol. The van der Waals surface area contributed by atoms with Crippen molar-refractivity contribution >= 4 is 0 Å². The second kappa shape index (κ2) is 7.16. The first-order chi connectivity index (χ1) is 11.8. The van der Waals surface area contributed by atoms with E-state index in [2.05, 4.69) is 28.9 Å². The zero-order valence-electron chi connectivity index (χ0n) is 14.6. The summed E-state index contributed by atoms with van der Waals surface area (Å²) in [6.07, 6.45) is 7.60. The molecule has 3 aliphatic rings. The van der Waals surface area contributed by atoms with Crippen LogP contribution in [0.5, 0.6) is 0 Å². The van der Waals surface area contributed by atoms with Gasteiger partial charge in [0.25, 0.3) is 0 Å². The van der Waals surface area contributed by atoms with Gasteiger partial charge >= 0.3 is 0 Å². The van der Waals surface area contributed by atoms with E-state index in [1.807, 2.05) is 12.1 Å². The molecule has 0 saturated carbocycles. The molecule has 0 N–H and O–H groups in total. The molecule has 4 atom stereocenters. The molecule has 4 nitrogen and oxygen atoms in total. The number of furan rings is 2. The van der Waals surface area contributed by atoms with E-state index in [9.17, 15) is 0 Å². The highest BCUT2D eigenvalue weighted by Crippen LogP contribution is 2.38.